The highest BCUT2D eigenvalue weighted by molar-refractivity contribution is 7.09. The van der Waals surface area contributed by atoms with Crippen molar-refractivity contribution in [1.29, 1.82) is 0 Å². The van der Waals surface area contributed by atoms with E-state index >= 15 is 0 Å². The number of halogens is 1. The number of hydrogen-bond donors (Lipinski definition) is 2. The van der Waals surface area contributed by atoms with Crippen molar-refractivity contribution in [3.05, 3.63) is 64.2 Å². The van der Waals surface area contributed by atoms with Crippen molar-refractivity contribution in [1.82, 2.24) is 4.98 Å². The first-order valence-electron chi connectivity index (χ1n) is 9.47. The molecule has 7 heteroatoms. The second-order valence-electron chi connectivity index (χ2n) is 6.81. The summed E-state index contributed by atoms with van der Waals surface area (Å²) < 4.78 is 18.9. The second kappa shape index (κ2) is 9.62. The number of ether oxygens (including phenoxy) is 1. The zero-order valence-corrected chi connectivity index (χ0v) is 17.6. The van der Waals surface area contributed by atoms with E-state index in [0.29, 0.717) is 13.1 Å². The van der Waals surface area contributed by atoms with Gasteiger partial charge < -0.3 is 15.0 Å². The van der Waals surface area contributed by atoms with Crippen LogP contribution in [0.3, 0.4) is 0 Å². The largest absolute Gasteiger partial charge is 0.494 e. The fraction of sp³-hybridized carbons (Fsp3) is 0.273. The minimum atomic E-state index is -0.390. The third kappa shape index (κ3) is 5.62. The Morgan fingerprint density at radius 1 is 1.28 bits per heavy atom. The minimum Gasteiger partial charge on any atom is -0.494 e. The van der Waals surface area contributed by atoms with Crippen molar-refractivity contribution in [2.45, 2.75) is 20.4 Å². The maximum absolute atomic E-state index is 13.9. The molecule has 152 valence electrons. The Hall–Kier alpha value is -2.77. The molecular formula is C22H25FN3O2S+. The Morgan fingerprint density at radius 2 is 2.10 bits per heavy atom. The summed E-state index contributed by atoms with van der Waals surface area (Å²) in [6, 6.07) is 12.6. The number of likely N-dealkylation sites (N-methyl/N-ethyl adjacent to an activating group) is 1. The quantitative estimate of drug-likeness (QED) is 0.595. The van der Waals surface area contributed by atoms with Crippen molar-refractivity contribution in [2.24, 2.45) is 0 Å². The number of thiazole rings is 1. The first-order valence-corrected chi connectivity index (χ1v) is 10.3. The molecule has 0 saturated carbocycles. The van der Waals surface area contributed by atoms with E-state index in [1.807, 2.05) is 49.6 Å². The lowest BCUT2D eigenvalue weighted by Crippen LogP contribution is -3.11. The van der Waals surface area contributed by atoms with E-state index in [9.17, 15) is 9.18 Å². The Morgan fingerprint density at radius 3 is 2.76 bits per heavy atom. The molecule has 2 aromatic carbocycles. The predicted molar refractivity (Wildman–Crippen MR) is 114 cm³/mol. The molecule has 0 bridgehead atoms. The Labute approximate surface area is 174 Å². The minimum absolute atomic E-state index is 0.0811. The lowest BCUT2D eigenvalue weighted by Gasteiger charge is -2.18. The van der Waals surface area contributed by atoms with E-state index in [2.05, 4.69) is 10.3 Å². The molecule has 1 heterocycles. The lowest BCUT2D eigenvalue weighted by molar-refractivity contribution is -0.903. The number of nitrogens with one attached hydrogen (secondary N) is 2. The standard InChI is InChI=1S/C22H24FN3O2S/c1-4-26(12-16-8-9-21(28-3)19(23)10-16)13-22(27)25-18-7-5-6-17(11-18)20-14-29-15(2)24-20/h5-11,14H,4,12-13H2,1-3H3,(H,25,27)/p+1. The van der Waals surface area contributed by atoms with Crippen molar-refractivity contribution < 1.29 is 18.8 Å². The van der Waals surface area contributed by atoms with Crippen molar-refractivity contribution in [2.75, 3.05) is 25.5 Å². The summed E-state index contributed by atoms with van der Waals surface area (Å²) in [5, 5.41) is 5.97. The van der Waals surface area contributed by atoms with Crippen molar-refractivity contribution in [3.63, 3.8) is 0 Å². The molecule has 5 nitrogen and oxygen atoms in total. The molecule has 0 fully saturated rings. The molecule has 29 heavy (non-hydrogen) atoms. The second-order valence-corrected chi connectivity index (χ2v) is 7.87. The number of aryl methyl sites for hydroxylation is 1. The first-order chi connectivity index (χ1) is 14.0. The van der Waals surface area contributed by atoms with E-state index in [1.165, 1.54) is 13.2 Å². The predicted octanol–water partition coefficient (Wildman–Crippen LogP) is 3.31. The molecule has 0 aliphatic rings. The van der Waals surface area contributed by atoms with Gasteiger partial charge in [0.1, 0.15) is 6.54 Å². The maximum Gasteiger partial charge on any atom is 0.279 e. The van der Waals surface area contributed by atoms with E-state index in [4.69, 9.17) is 4.74 Å². The van der Waals surface area contributed by atoms with Gasteiger partial charge in [-0.05, 0) is 44.2 Å². The van der Waals surface area contributed by atoms with Crippen LogP contribution in [0.15, 0.2) is 47.8 Å². The Bertz CT molecular complexity index is 990. The fourth-order valence-corrected chi connectivity index (χ4v) is 3.73. The van der Waals surface area contributed by atoms with Crippen molar-refractivity contribution in [3.8, 4) is 17.0 Å². The Balaban J connectivity index is 1.62. The molecule has 1 unspecified atom stereocenters. The summed E-state index contributed by atoms with van der Waals surface area (Å²) in [6.07, 6.45) is 0. The fourth-order valence-electron chi connectivity index (χ4n) is 3.11. The van der Waals surface area contributed by atoms with Crippen LogP contribution in [0.25, 0.3) is 11.3 Å². The summed E-state index contributed by atoms with van der Waals surface area (Å²) in [6.45, 7) is 5.58. The summed E-state index contributed by atoms with van der Waals surface area (Å²) in [4.78, 5) is 18.1. The number of carbonyl (C=O) groups is 1. The van der Waals surface area contributed by atoms with Crippen LogP contribution >= 0.6 is 11.3 Å². The topological polar surface area (TPSA) is 55.7 Å². The van der Waals surface area contributed by atoms with Crippen LogP contribution in [0.4, 0.5) is 10.1 Å². The zero-order valence-electron chi connectivity index (χ0n) is 16.8. The number of benzene rings is 2. The molecule has 0 spiro atoms. The highest BCUT2D eigenvalue weighted by Crippen LogP contribution is 2.24. The molecule has 0 aliphatic carbocycles. The molecule has 1 atom stereocenters. The van der Waals surface area contributed by atoms with E-state index < -0.39 is 0 Å². The van der Waals surface area contributed by atoms with Crippen LogP contribution in [0.5, 0.6) is 5.75 Å². The highest BCUT2D eigenvalue weighted by atomic mass is 32.1. The van der Waals surface area contributed by atoms with Crippen LogP contribution < -0.4 is 15.0 Å². The molecule has 3 rings (SSSR count). The van der Waals surface area contributed by atoms with Crippen LogP contribution in [0.2, 0.25) is 0 Å². The van der Waals surface area contributed by atoms with Gasteiger partial charge >= 0.3 is 0 Å². The summed E-state index contributed by atoms with van der Waals surface area (Å²) in [5.74, 6) is -0.249. The van der Waals surface area contributed by atoms with Gasteiger partial charge in [-0.2, -0.15) is 0 Å². The van der Waals surface area contributed by atoms with Crippen LogP contribution in [0.1, 0.15) is 17.5 Å². The number of nitrogens with zero attached hydrogens (tertiary/aromatic N) is 1. The van der Waals surface area contributed by atoms with E-state index in [1.54, 1.807) is 17.4 Å². The van der Waals surface area contributed by atoms with Gasteiger partial charge in [0.25, 0.3) is 5.91 Å². The van der Waals surface area contributed by atoms with Gasteiger partial charge in [0.15, 0.2) is 18.1 Å². The number of carbonyl (C=O) groups excluding carboxylic acids is 1. The van der Waals surface area contributed by atoms with Gasteiger partial charge in [0.2, 0.25) is 0 Å². The zero-order chi connectivity index (χ0) is 20.8. The first kappa shape index (κ1) is 21.0. The number of rotatable bonds is 8. The number of quaternary nitrogens is 1. The van der Waals surface area contributed by atoms with Crippen LogP contribution in [0, 0.1) is 12.7 Å². The third-order valence-corrected chi connectivity index (χ3v) is 5.42. The van der Waals surface area contributed by atoms with Gasteiger partial charge in [0.05, 0.1) is 24.4 Å². The SMILES string of the molecule is CC[NH+](CC(=O)Nc1cccc(-c2csc(C)n2)c1)Cc1ccc(OC)c(F)c1. The highest BCUT2D eigenvalue weighted by Gasteiger charge is 2.15. The average Bonchev–Trinajstić information content (AvgIpc) is 3.14. The van der Waals surface area contributed by atoms with Crippen LogP contribution in [-0.4, -0.2) is 31.1 Å². The third-order valence-electron chi connectivity index (χ3n) is 4.64. The van der Waals surface area contributed by atoms with Gasteiger partial charge in [-0.25, -0.2) is 9.37 Å². The number of hydrogen-bond acceptors (Lipinski definition) is 4. The number of methoxy groups -OCH3 is 1. The number of aromatic nitrogens is 1. The van der Waals surface area contributed by atoms with Gasteiger partial charge in [-0.3, -0.25) is 4.79 Å². The number of anilines is 1. The molecular weight excluding hydrogens is 389 g/mol. The van der Waals surface area contributed by atoms with Crippen molar-refractivity contribution >= 4 is 22.9 Å². The average molecular weight is 415 g/mol. The van der Waals surface area contributed by atoms with E-state index in [0.717, 1.165) is 39.0 Å². The molecule has 0 saturated heterocycles. The summed E-state index contributed by atoms with van der Waals surface area (Å²) in [5.41, 5.74) is 3.45. The smallest absolute Gasteiger partial charge is 0.279 e. The van der Waals surface area contributed by atoms with Gasteiger partial charge in [0, 0.05) is 22.2 Å². The van der Waals surface area contributed by atoms with Gasteiger partial charge in [-0.15, -0.1) is 11.3 Å². The molecule has 0 aliphatic heterocycles. The van der Waals surface area contributed by atoms with Crippen LogP contribution in [-0.2, 0) is 11.3 Å². The Kier molecular flexibility index (Phi) is 6.95. The molecule has 1 amide bonds. The number of amides is 1. The maximum atomic E-state index is 13.9. The normalized spacial score (nSPS) is 11.9. The molecule has 1 aromatic heterocycles. The lowest BCUT2D eigenvalue weighted by atomic mass is 10.1. The molecule has 0 radical (unpaired) electrons. The summed E-state index contributed by atoms with van der Waals surface area (Å²) in [7, 11) is 1.44. The molecule has 2 N–H and O–H groups in total. The summed E-state index contributed by atoms with van der Waals surface area (Å²) >= 11 is 1.60. The molecule has 3 aromatic rings. The van der Waals surface area contributed by atoms with Gasteiger partial charge in [-0.1, -0.05) is 12.1 Å². The monoisotopic (exact) mass is 414 g/mol. The van der Waals surface area contributed by atoms with E-state index in [-0.39, 0.29) is 17.5 Å².